The molecule has 4 aromatic rings. The highest BCUT2D eigenvalue weighted by molar-refractivity contribution is 5.95. The van der Waals surface area contributed by atoms with E-state index in [1.165, 1.54) is 19.2 Å². The molecule has 4 N–H and O–H groups in total. The lowest BCUT2D eigenvalue weighted by atomic mass is 10.1. The van der Waals surface area contributed by atoms with Gasteiger partial charge in [0.2, 0.25) is 0 Å². The molecule has 2 aromatic heterocycles. The number of rotatable bonds is 11. The summed E-state index contributed by atoms with van der Waals surface area (Å²) in [6, 6.07) is 15.3. The first kappa shape index (κ1) is 27.1. The van der Waals surface area contributed by atoms with Gasteiger partial charge in [0, 0.05) is 36.5 Å². The van der Waals surface area contributed by atoms with E-state index in [0.717, 1.165) is 11.1 Å². The number of amides is 1. The molecule has 0 saturated heterocycles. The quantitative estimate of drug-likeness (QED) is 0.149. The fourth-order valence-electron chi connectivity index (χ4n) is 4.06. The number of nitro benzene ring substituents is 1. The van der Waals surface area contributed by atoms with Gasteiger partial charge in [-0.15, -0.1) is 0 Å². The Morgan fingerprint density at radius 2 is 1.92 bits per heavy atom. The van der Waals surface area contributed by atoms with Crippen molar-refractivity contribution in [1.29, 1.82) is 0 Å². The molecule has 4 rings (SSSR count). The monoisotopic (exact) mass is 532 g/mol. The number of carbonyl (C=O) groups excluding carboxylic acids is 2. The Kier molecular flexibility index (Phi) is 8.37. The van der Waals surface area contributed by atoms with E-state index in [9.17, 15) is 19.7 Å². The maximum Gasteiger partial charge on any atom is 0.325 e. The molecule has 0 fully saturated rings. The number of fused-ring (bicyclic) bond motifs is 1. The Bertz CT molecular complexity index is 1530. The number of nitrogens with one attached hydrogen (secondary N) is 2. The molecule has 0 aliphatic rings. The maximum atomic E-state index is 12.9. The third-order valence-electron chi connectivity index (χ3n) is 5.92. The minimum atomic E-state index is -0.546. The standard InChI is InChI=1S/C27H28N6O6/c1-3-39-24(34)16-29-26-25(19-7-8-22(38-2)21(12-19)33(36)37)31-23-13-20(9-10-32(23)26)27(35)30-15-18-6-4-5-17(11-18)14-28/h4-13,29H,3,14-16,28H2,1-2H3,(H,30,35). The second kappa shape index (κ2) is 12.0. The number of hydrogen-bond donors (Lipinski definition) is 3. The first-order valence-corrected chi connectivity index (χ1v) is 12.1. The number of anilines is 1. The van der Waals surface area contributed by atoms with Crippen LogP contribution in [0.4, 0.5) is 11.5 Å². The normalized spacial score (nSPS) is 10.7. The maximum absolute atomic E-state index is 12.9. The van der Waals surface area contributed by atoms with Crippen LogP contribution in [0, 0.1) is 10.1 Å². The number of nitrogens with two attached hydrogens (primary N) is 1. The predicted molar refractivity (Wildman–Crippen MR) is 144 cm³/mol. The number of aromatic nitrogens is 2. The van der Waals surface area contributed by atoms with Crippen molar-refractivity contribution in [2.24, 2.45) is 5.73 Å². The first-order chi connectivity index (χ1) is 18.8. The number of nitrogens with zero attached hydrogens (tertiary/aromatic N) is 3. The van der Waals surface area contributed by atoms with Crippen LogP contribution in [0.3, 0.4) is 0 Å². The lowest BCUT2D eigenvalue weighted by Gasteiger charge is -2.10. The smallest absolute Gasteiger partial charge is 0.325 e. The van der Waals surface area contributed by atoms with Crippen LogP contribution in [-0.2, 0) is 22.6 Å². The highest BCUT2D eigenvalue weighted by Gasteiger charge is 2.21. The average molecular weight is 533 g/mol. The molecule has 0 spiro atoms. The summed E-state index contributed by atoms with van der Waals surface area (Å²) in [6.07, 6.45) is 1.64. The molecule has 0 bridgehead atoms. The van der Waals surface area contributed by atoms with E-state index in [1.54, 1.807) is 35.7 Å². The van der Waals surface area contributed by atoms with Crippen molar-refractivity contribution in [2.75, 3.05) is 25.6 Å². The molecule has 39 heavy (non-hydrogen) atoms. The Hall–Kier alpha value is -4.97. The zero-order valence-corrected chi connectivity index (χ0v) is 21.5. The first-order valence-electron chi connectivity index (χ1n) is 12.1. The molecule has 12 nitrogen and oxygen atoms in total. The SMILES string of the molecule is CCOC(=O)CNc1c(-c2ccc(OC)c([N+](=O)[O-])c2)nc2cc(C(=O)NCc3cccc(CN)c3)ccn12. The van der Waals surface area contributed by atoms with Gasteiger partial charge in [-0.2, -0.15) is 0 Å². The molecule has 0 saturated carbocycles. The summed E-state index contributed by atoms with van der Waals surface area (Å²) < 4.78 is 11.8. The van der Waals surface area contributed by atoms with Gasteiger partial charge < -0.3 is 25.8 Å². The summed E-state index contributed by atoms with van der Waals surface area (Å²) >= 11 is 0. The molecule has 0 atom stereocenters. The molecular formula is C27H28N6O6. The summed E-state index contributed by atoms with van der Waals surface area (Å²) in [4.78, 5) is 40.6. The van der Waals surface area contributed by atoms with E-state index in [4.69, 9.17) is 15.2 Å². The van der Waals surface area contributed by atoms with E-state index < -0.39 is 10.9 Å². The van der Waals surface area contributed by atoms with Crippen molar-refractivity contribution < 1.29 is 24.0 Å². The number of esters is 1. The van der Waals surface area contributed by atoms with Crippen LogP contribution in [0.15, 0.2) is 60.8 Å². The summed E-state index contributed by atoms with van der Waals surface area (Å²) in [5.74, 6) is -0.275. The van der Waals surface area contributed by atoms with Crippen LogP contribution in [0.25, 0.3) is 16.9 Å². The predicted octanol–water partition coefficient (Wildman–Crippen LogP) is 3.28. The number of nitro groups is 1. The van der Waals surface area contributed by atoms with Crippen molar-refractivity contribution in [2.45, 2.75) is 20.0 Å². The third-order valence-corrected chi connectivity index (χ3v) is 5.92. The van der Waals surface area contributed by atoms with E-state index in [1.807, 2.05) is 24.3 Å². The minimum absolute atomic E-state index is 0.101. The molecular weight excluding hydrogens is 504 g/mol. The molecule has 12 heteroatoms. The molecule has 2 aromatic carbocycles. The fraction of sp³-hybridized carbons (Fsp3) is 0.222. The number of methoxy groups -OCH3 is 1. The highest BCUT2D eigenvalue weighted by atomic mass is 16.6. The van der Waals surface area contributed by atoms with Gasteiger partial charge in [0.15, 0.2) is 5.75 Å². The van der Waals surface area contributed by atoms with Gasteiger partial charge in [-0.05, 0) is 42.3 Å². The molecule has 1 amide bonds. The number of benzene rings is 2. The van der Waals surface area contributed by atoms with Gasteiger partial charge in [0.25, 0.3) is 5.91 Å². The molecule has 0 unspecified atom stereocenters. The van der Waals surface area contributed by atoms with E-state index in [2.05, 4.69) is 15.6 Å². The van der Waals surface area contributed by atoms with Gasteiger partial charge >= 0.3 is 11.7 Å². The highest BCUT2D eigenvalue weighted by Crippen LogP contribution is 2.35. The summed E-state index contributed by atoms with van der Waals surface area (Å²) in [6.45, 7) is 2.50. The third kappa shape index (κ3) is 6.13. The van der Waals surface area contributed by atoms with Crippen LogP contribution < -0.4 is 21.1 Å². The number of hydrogen-bond acceptors (Lipinski definition) is 9. The van der Waals surface area contributed by atoms with Crippen LogP contribution in [0.2, 0.25) is 0 Å². The number of carbonyl (C=O) groups is 2. The number of pyridine rings is 1. The Labute approximate surface area is 223 Å². The van der Waals surface area contributed by atoms with Gasteiger partial charge in [0.1, 0.15) is 23.7 Å². The van der Waals surface area contributed by atoms with Crippen LogP contribution in [0.1, 0.15) is 28.4 Å². The molecule has 0 aliphatic heterocycles. The molecule has 0 radical (unpaired) electrons. The zero-order valence-electron chi connectivity index (χ0n) is 21.5. The number of ether oxygens (including phenoxy) is 2. The van der Waals surface area contributed by atoms with Gasteiger partial charge in [-0.1, -0.05) is 24.3 Å². The van der Waals surface area contributed by atoms with E-state index >= 15 is 0 Å². The summed E-state index contributed by atoms with van der Waals surface area (Å²) in [7, 11) is 1.35. The lowest BCUT2D eigenvalue weighted by Crippen LogP contribution is -2.23. The van der Waals surface area contributed by atoms with Gasteiger partial charge in [-0.3, -0.25) is 24.1 Å². The number of imidazole rings is 1. The van der Waals surface area contributed by atoms with Crippen molar-refractivity contribution in [1.82, 2.24) is 14.7 Å². The van der Waals surface area contributed by atoms with Crippen LogP contribution in [-0.4, -0.2) is 46.4 Å². The Morgan fingerprint density at radius 3 is 2.64 bits per heavy atom. The Morgan fingerprint density at radius 1 is 1.13 bits per heavy atom. The second-order valence-electron chi connectivity index (χ2n) is 8.46. The van der Waals surface area contributed by atoms with Gasteiger partial charge in [-0.25, -0.2) is 4.98 Å². The van der Waals surface area contributed by atoms with E-state index in [-0.39, 0.29) is 30.5 Å². The molecule has 2 heterocycles. The molecule has 202 valence electrons. The van der Waals surface area contributed by atoms with Crippen LogP contribution in [0.5, 0.6) is 5.75 Å². The largest absolute Gasteiger partial charge is 0.490 e. The van der Waals surface area contributed by atoms with Crippen molar-refractivity contribution in [3.63, 3.8) is 0 Å². The minimum Gasteiger partial charge on any atom is -0.490 e. The van der Waals surface area contributed by atoms with E-state index in [0.29, 0.717) is 41.4 Å². The lowest BCUT2D eigenvalue weighted by molar-refractivity contribution is -0.385. The average Bonchev–Trinajstić information content (AvgIpc) is 3.32. The molecule has 0 aliphatic carbocycles. The zero-order chi connectivity index (χ0) is 27.9. The van der Waals surface area contributed by atoms with Crippen molar-refractivity contribution in [3.05, 3.63) is 87.6 Å². The van der Waals surface area contributed by atoms with Crippen molar-refractivity contribution in [3.8, 4) is 17.0 Å². The van der Waals surface area contributed by atoms with Gasteiger partial charge in [0.05, 0.1) is 18.6 Å². The Balaban J connectivity index is 1.68. The summed E-state index contributed by atoms with van der Waals surface area (Å²) in [5, 5.41) is 17.5. The van der Waals surface area contributed by atoms with Crippen molar-refractivity contribution >= 4 is 29.0 Å². The summed E-state index contributed by atoms with van der Waals surface area (Å²) in [5.41, 5.74) is 8.88. The van der Waals surface area contributed by atoms with Crippen LogP contribution >= 0.6 is 0 Å². The topological polar surface area (TPSA) is 163 Å². The second-order valence-corrected chi connectivity index (χ2v) is 8.46. The fourth-order valence-corrected chi connectivity index (χ4v) is 4.06.